The van der Waals surface area contributed by atoms with Crippen LogP contribution >= 0.6 is 0 Å². The number of nitrogens with two attached hydrogens (primary N) is 1. The second-order valence-electron chi connectivity index (χ2n) is 4.57. The molecule has 114 valence electrons. The predicted molar refractivity (Wildman–Crippen MR) is 71.9 cm³/mol. The van der Waals surface area contributed by atoms with E-state index in [1.807, 2.05) is 0 Å². The molecule has 0 heterocycles. The van der Waals surface area contributed by atoms with Crippen LogP contribution in [0.15, 0.2) is 24.3 Å². The predicted octanol–water partition coefficient (Wildman–Crippen LogP) is 1.07. The number of nitrogens with one attached hydrogen (secondary N) is 2. The average Bonchev–Trinajstić information content (AvgIpc) is 2.42. The molecule has 0 fully saturated rings. The third-order valence-corrected chi connectivity index (χ3v) is 2.95. The van der Waals surface area contributed by atoms with E-state index >= 15 is 0 Å². The summed E-state index contributed by atoms with van der Waals surface area (Å²) in [6, 6.07) is 6.93. The van der Waals surface area contributed by atoms with Gasteiger partial charge in [0.05, 0.1) is 6.17 Å². The Morgan fingerprint density at radius 3 is 2.15 bits per heavy atom. The van der Waals surface area contributed by atoms with Gasteiger partial charge in [0.2, 0.25) is 0 Å². The van der Waals surface area contributed by atoms with Crippen molar-refractivity contribution in [2.75, 3.05) is 14.2 Å². The fourth-order valence-electron chi connectivity index (χ4n) is 1.66. The van der Waals surface area contributed by atoms with Crippen LogP contribution in [-0.4, -0.2) is 31.4 Å². The van der Waals surface area contributed by atoms with Crippen molar-refractivity contribution in [3.8, 4) is 0 Å². The lowest BCUT2D eigenvalue weighted by Crippen LogP contribution is -2.47. The van der Waals surface area contributed by atoms with Gasteiger partial charge in [-0.15, -0.1) is 0 Å². The van der Waals surface area contributed by atoms with E-state index in [0.29, 0.717) is 12.5 Å². The monoisotopic (exact) mass is 289 g/mol. The maximum Gasteiger partial charge on any atom is 0.283 e. The molecule has 0 aliphatic heterocycles. The quantitative estimate of drug-likeness (QED) is 0.565. The zero-order valence-corrected chi connectivity index (χ0v) is 11.7. The van der Waals surface area contributed by atoms with Crippen LogP contribution in [0.25, 0.3) is 0 Å². The lowest BCUT2D eigenvalue weighted by molar-refractivity contribution is -0.113. The van der Waals surface area contributed by atoms with Crippen LogP contribution in [0.5, 0.6) is 0 Å². The van der Waals surface area contributed by atoms with E-state index in [9.17, 15) is 13.9 Å². The Hall–Kier alpha value is -1.12. The van der Waals surface area contributed by atoms with Crippen molar-refractivity contribution < 1.29 is 18.6 Å². The molecule has 0 spiro atoms. The summed E-state index contributed by atoms with van der Waals surface area (Å²) in [7, 11) is 3.10. The standard InChI is InChI=1S/C13H21F2N3O2/c1-13(14,15)12(19)18-11(17-2)9-6-4-8(5-7-9)10(16)20-3/h4-7,10-12,17-19H,16H2,1-3H3. The van der Waals surface area contributed by atoms with Crippen LogP contribution in [0.1, 0.15) is 30.4 Å². The van der Waals surface area contributed by atoms with Gasteiger partial charge in [0.25, 0.3) is 5.92 Å². The molecule has 20 heavy (non-hydrogen) atoms. The Balaban J connectivity index is 2.80. The SMILES string of the molecule is CNC(NC(O)C(C)(F)F)c1ccc(C(N)OC)cc1. The number of rotatable bonds is 7. The van der Waals surface area contributed by atoms with Crippen LogP contribution < -0.4 is 16.4 Å². The lowest BCUT2D eigenvalue weighted by atomic mass is 10.1. The topological polar surface area (TPSA) is 79.5 Å². The summed E-state index contributed by atoms with van der Waals surface area (Å²) in [4.78, 5) is 0. The number of methoxy groups -OCH3 is 1. The summed E-state index contributed by atoms with van der Waals surface area (Å²) < 4.78 is 30.9. The highest BCUT2D eigenvalue weighted by Gasteiger charge is 2.33. The Morgan fingerprint density at radius 2 is 1.75 bits per heavy atom. The van der Waals surface area contributed by atoms with Crippen LogP contribution in [0.2, 0.25) is 0 Å². The fourth-order valence-corrected chi connectivity index (χ4v) is 1.66. The first-order valence-corrected chi connectivity index (χ1v) is 6.17. The molecule has 1 aromatic carbocycles. The van der Waals surface area contributed by atoms with Crippen LogP contribution in [0.4, 0.5) is 8.78 Å². The van der Waals surface area contributed by atoms with Gasteiger partial charge in [-0.05, 0) is 18.2 Å². The smallest absolute Gasteiger partial charge is 0.283 e. The minimum Gasteiger partial charge on any atom is -0.372 e. The molecule has 3 atom stereocenters. The lowest BCUT2D eigenvalue weighted by Gasteiger charge is -2.26. The third-order valence-electron chi connectivity index (χ3n) is 2.95. The highest BCUT2D eigenvalue weighted by molar-refractivity contribution is 5.26. The Labute approximate surface area is 117 Å². The van der Waals surface area contributed by atoms with E-state index < -0.39 is 24.5 Å². The molecule has 0 aliphatic carbocycles. The van der Waals surface area contributed by atoms with E-state index in [1.54, 1.807) is 31.3 Å². The zero-order chi connectivity index (χ0) is 15.3. The Bertz CT molecular complexity index is 409. The number of aliphatic hydroxyl groups excluding tert-OH is 1. The molecule has 0 amide bonds. The highest BCUT2D eigenvalue weighted by atomic mass is 19.3. The molecule has 0 bridgehead atoms. The Morgan fingerprint density at radius 1 is 1.25 bits per heavy atom. The molecule has 3 unspecified atom stereocenters. The molecule has 0 aromatic heterocycles. The third kappa shape index (κ3) is 4.46. The van der Waals surface area contributed by atoms with Crippen molar-refractivity contribution in [2.45, 2.75) is 31.5 Å². The van der Waals surface area contributed by atoms with Gasteiger partial charge in [-0.1, -0.05) is 24.3 Å². The van der Waals surface area contributed by atoms with Gasteiger partial charge in [0.15, 0.2) is 6.23 Å². The molecule has 5 nitrogen and oxygen atoms in total. The molecule has 1 rings (SSSR count). The van der Waals surface area contributed by atoms with Crippen molar-refractivity contribution in [3.05, 3.63) is 35.4 Å². The van der Waals surface area contributed by atoms with E-state index in [2.05, 4.69) is 10.6 Å². The second kappa shape index (κ2) is 7.05. The number of aliphatic hydroxyl groups is 1. The minimum atomic E-state index is -3.23. The fraction of sp³-hybridized carbons (Fsp3) is 0.538. The number of benzene rings is 1. The van der Waals surface area contributed by atoms with Gasteiger partial charge in [-0.2, -0.15) is 0 Å². The van der Waals surface area contributed by atoms with E-state index in [1.165, 1.54) is 7.11 Å². The van der Waals surface area contributed by atoms with Crippen molar-refractivity contribution in [1.82, 2.24) is 10.6 Å². The maximum absolute atomic E-state index is 13.0. The summed E-state index contributed by atoms with van der Waals surface area (Å²) in [5.74, 6) is -3.23. The first-order chi connectivity index (χ1) is 9.29. The van der Waals surface area contributed by atoms with Gasteiger partial charge < -0.3 is 20.9 Å². The van der Waals surface area contributed by atoms with Crippen molar-refractivity contribution in [2.24, 2.45) is 5.73 Å². The first-order valence-electron chi connectivity index (χ1n) is 6.17. The van der Waals surface area contributed by atoms with E-state index in [0.717, 1.165) is 5.56 Å². The first kappa shape index (κ1) is 16.9. The highest BCUT2D eigenvalue weighted by Crippen LogP contribution is 2.20. The maximum atomic E-state index is 13.0. The largest absolute Gasteiger partial charge is 0.372 e. The number of hydrogen-bond donors (Lipinski definition) is 4. The molecule has 0 radical (unpaired) electrons. The number of alkyl halides is 2. The molecule has 0 saturated heterocycles. The summed E-state index contributed by atoms with van der Waals surface area (Å²) in [6.07, 6.45) is -3.08. The molecule has 5 N–H and O–H groups in total. The van der Waals surface area contributed by atoms with E-state index in [-0.39, 0.29) is 0 Å². The summed E-state index contributed by atoms with van der Waals surface area (Å²) in [5.41, 5.74) is 7.17. The van der Waals surface area contributed by atoms with Crippen LogP contribution in [0, 0.1) is 0 Å². The molecule has 7 heteroatoms. The zero-order valence-electron chi connectivity index (χ0n) is 11.7. The number of hydrogen-bond acceptors (Lipinski definition) is 5. The number of halogens is 2. The van der Waals surface area contributed by atoms with Crippen LogP contribution in [0.3, 0.4) is 0 Å². The summed E-state index contributed by atoms with van der Waals surface area (Å²) in [6.45, 7) is 0.651. The van der Waals surface area contributed by atoms with Crippen molar-refractivity contribution in [3.63, 3.8) is 0 Å². The van der Waals surface area contributed by atoms with Gasteiger partial charge >= 0.3 is 0 Å². The Kier molecular flexibility index (Phi) is 5.97. The molecule has 1 aromatic rings. The van der Waals surface area contributed by atoms with Gasteiger partial charge in [-0.25, -0.2) is 8.78 Å². The summed E-state index contributed by atoms with van der Waals surface area (Å²) in [5, 5.41) is 14.6. The van der Waals surface area contributed by atoms with E-state index in [4.69, 9.17) is 10.5 Å². The van der Waals surface area contributed by atoms with Gasteiger partial charge in [-0.3, -0.25) is 5.32 Å². The molecular formula is C13H21F2N3O2. The molecular weight excluding hydrogens is 268 g/mol. The molecule has 0 aliphatic rings. The van der Waals surface area contributed by atoms with Gasteiger partial charge in [0, 0.05) is 14.0 Å². The van der Waals surface area contributed by atoms with Crippen molar-refractivity contribution in [1.29, 1.82) is 0 Å². The summed E-state index contributed by atoms with van der Waals surface area (Å²) >= 11 is 0. The number of ether oxygens (including phenoxy) is 1. The van der Waals surface area contributed by atoms with Crippen molar-refractivity contribution >= 4 is 0 Å². The second-order valence-corrected chi connectivity index (χ2v) is 4.57. The minimum absolute atomic E-state index is 0.532. The normalized spacial score (nSPS) is 16.8. The average molecular weight is 289 g/mol. The van der Waals surface area contributed by atoms with Gasteiger partial charge in [0.1, 0.15) is 6.23 Å². The van der Waals surface area contributed by atoms with Crippen LogP contribution in [-0.2, 0) is 4.74 Å². The molecule has 0 saturated carbocycles.